The Labute approximate surface area is 159 Å². The summed E-state index contributed by atoms with van der Waals surface area (Å²) < 4.78 is 4.55. The summed E-state index contributed by atoms with van der Waals surface area (Å²) in [5, 5.41) is 2.40. The van der Waals surface area contributed by atoms with Crippen LogP contribution in [0.25, 0.3) is 21.8 Å². The van der Waals surface area contributed by atoms with E-state index in [1.807, 2.05) is 81.7 Å². The molecule has 0 aliphatic carbocycles. The molecule has 0 aliphatic rings. The van der Waals surface area contributed by atoms with Crippen molar-refractivity contribution in [2.45, 2.75) is 26.4 Å². The SMILES string of the molecule is CC(C)(C)OC=O.Nc1ccc2cc[nH]c2c1.c1ccc2ncccc2c1. The van der Waals surface area contributed by atoms with Gasteiger partial charge in [-0.25, -0.2) is 0 Å². The molecule has 0 atom stereocenters. The van der Waals surface area contributed by atoms with Gasteiger partial charge in [0.25, 0.3) is 6.47 Å². The average Bonchev–Trinajstić information content (AvgIpc) is 3.09. The molecule has 0 saturated carbocycles. The number of hydrogen-bond donors (Lipinski definition) is 2. The lowest BCUT2D eigenvalue weighted by molar-refractivity contribution is -0.138. The number of ether oxygens (including phenoxy) is 1. The number of H-pyrrole nitrogens is 1. The second-order valence-electron chi connectivity index (χ2n) is 6.85. The lowest BCUT2D eigenvalue weighted by atomic mass is 10.2. The Morgan fingerprint density at radius 1 is 1.00 bits per heavy atom. The highest BCUT2D eigenvalue weighted by Gasteiger charge is 2.07. The molecular weight excluding hydrogens is 338 g/mol. The van der Waals surface area contributed by atoms with Crippen LogP contribution in [0.4, 0.5) is 5.69 Å². The van der Waals surface area contributed by atoms with E-state index in [2.05, 4.69) is 26.8 Å². The number of nitrogens with zero attached hydrogens (tertiary/aromatic N) is 1. The zero-order valence-electron chi connectivity index (χ0n) is 15.8. The molecule has 4 rings (SSSR count). The third kappa shape index (κ3) is 6.82. The maximum atomic E-state index is 9.60. The van der Waals surface area contributed by atoms with Gasteiger partial charge in [0.05, 0.1) is 5.52 Å². The van der Waals surface area contributed by atoms with Gasteiger partial charge in [-0.05, 0) is 56.5 Å². The molecule has 140 valence electrons. The monoisotopic (exact) mass is 363 g/mol. The highest BCUT2D eigenvalue weighted by Crippen LogP contribution is 2.14. The molecule has 0 unspecified atom stereocenters. The first-order chi connectivity index (χ1) is 12.9. The molecule has 0 saturated heterocycles. The van der Waals surface area contributed by atoms with Gasteiger partial charge in [-0.1, -0.05) is 30.3 Å². The largest absolute Gasteiger partial charge is 0.462 e. The lowest BCUT2D eigenvalue weighted by Crippen LogP contribution is -2.17. The molecule has 3 N–H and O–H groups in total. The molecule has 5 nitrogen and oxygen atoms in total. The summed E-state index contributed by atoms with van der Waals surface area (Å²) in [5.41, 5.74) is 8.20. The Morgan fingerprint density at radius 2 is 1.74 bits per heavy atom. The zero-order valence-corrected chi connectivity index (χ0v) is 15.8. The number of nitrogens with one attached hydrogen (secondary N) is 1. The average molecular weight is 363 g/mol. The van der Waals surface area contributed by atoms with Crippen molar-refractivity contribution in [1.29, 1.82) is 0 Å². The van der Waals surface area contributed by atoms with Crippen LogP contribution in [0.15, 0.2) is 73.1 Å². The summed E-state index contributed by atoms with van der Waals surface area (Å²) in [4.78, 5) is 16.9. The number of aromatic amines is 1. The predicted molar refractivity (Wildman–Crippen MR) is 111 cm³/mol. The molecule has 5 heteroatoms. The third-order valence-electron chi connectivity index (χ3n) is 3.49. The summed E-state index contributed by atoms with van der Waals surface area (Å²) >= 11 is 0. The number of nitrogen functional groups attached to an aromatic ring is 1. The maximum absolute atomic E-state index is 9.60. The molecule has 2 aromatic carbocycles. The molecule has 0 bridgehead atoms. The number of hydrogen-bond acceptors (Lipinski definition) is 4. The molecular formula is C22H25N3O2. The van der Waals surface area contributed by atoms with Gasteiger partial charge >= 0.3 is 0 Å². The predicted octanol–water partition coefficient (Wildman–Crippen LogP) is 4.94. The lowest BCUT2D eigenvalue weighted by Gasteiger charge is -2.14. The molecule has 27 heavy (non-hydrogen) atoms. The summed E-state index contributed by atoms with van der Waals surface area (Å²) in [7, 11) is 0. The van der Waals surface area contributed by atoms with Gasteiger partial charge < -0.3 is 15.5 Å². The van der Waals surface area contributed by atoms with E-state index in [0.29, 0.717) is 6.47 Å². The van der Waals surface area contributed by atoms with Crippen LogP contribution in [0, 0.1) is 0 Å². The molecule has 2 heterocycles. The first-order valence-corrected chi connectivity index (χ1v) is 8.63. The van der Waals surface area contributed by atoms with E-state index < -0.39 is 0 Å². The van der Waals surface area contributed by atoms with E-state index >= 15 is 0 Å². The number of nitrogens with two attached hydrogens (primary N) is 1. The van der Waals surface area contributed by atoms with Gasteiger partial charge in [0.1, 0.15) is 5.60 Å². The minimum absolute atomic E-state index is 0.318. The Balaban J connectivity index is 0.000000149. The van der Waals surface area contributed by atoms with Gasteiger partial charge in [0.15, 0.2) is 0 Å². The van der Waals surface area contributed by atoms with Crippen LogP contribution >= 0.6 is 0 Å². The first-order valence-electron chi connectivity index (χ1n) is 8.63. The molecule has 0 amide bonds. The van der Waals surface area contributed by atoms with Gasteiger partial charge in [0, 0.05) is 29.0 Å². The highest BCUT2D eigenvalue weighted by atomic mass is 16.5. The van der Waals surface area contributed by atoms with Crippen LogP contribution in [0.2, 0.25) is 0 Å². The minimum Gasteiger partial charge on any atom is -0.462 e. The van der Waals surface area contributed by atoms with Crippen molar-refractivity contribution in [3.05, 3.63) is 73.1 Å². The van der Waals surface area contributed by atoms with E-state index in [-0.39, 0.29) is 5.60 Å². The second-order valence-corrected chi connectivity index (χ2v) is 6.85. The fourth-order valence-corrected chi connectivity index (χ4v) is 2.23. The fourth-order valence-electron chi connectivity index (χ4n) is 2.23. The number of para-hydroxylation sites is 1. The second kappa shape index (κ2) is 9.38. The normalized spacial score (nSPS) is 10.3. The quantitative estimate of drug-likeness (QED) is 0.371. The van der Waals surface area contributed by atoms with Crippen molar-refractivity contribution in [1.82, 2.24) is 9.97 Å². The number of benzene rings is 2. The third-order valence-corrected chi connectivity index (χ3v) is 3.49. The van der Waals surface area contributed by atoms with Gasteiger partial charge in [-0.2, -0.15) is 0 Å². The van der Waals surface area contributed by atoms with E-state index in [9.17, 15) is 4.79 Å². The number of anilines is 1. The Bertz CT molecular complexity index is 922. The van der Waals surface area contributed by atoms with E-state index in [0.717, 1.165) is 16.7 Å². The highest BCUT2D eigenvalue weighted by molar-refractivity contribution is 5.82. The number of aromatic nitrogens is 2. The summed E-state index contributed by atoms with van der Waals surface area (Å²) in [6, 6.07) is 19.9. The first kappa shape index (κ1) is 20.0. The molecule has 0 radical (unpaired) electrons. The maximum Gasteiger partial charge on any atom is 0.293 e. The van der Waals surface area contributed by atoms with Crippen molar-refractivity contribution in [3.8, 4) is 0 Å². The molecule has 0 fully saturated rings. The summed E-state index contributed by atoms with van der Waals surface area (Å²) in [6.45, 7) is 5.92. The number of carbonyl (C=O) groups excluding carboxylic acids is 1. The summed E-state index contributed by atoms with van der Waals surface area (Å²) in [5.74, 6) is 0. The zero-order chi connectivity index (χ0) is 19.7. The fraction of sp³-hybridized carbons (Fsp3) is 0.182. The molecule has 4 aromatic rings. The number of fused-ring (bicyclic) bond motifs is 2. The van der Waals surface area contributed by atoms with Crippen LogP contribution in [0.3, 0.4) is 0 Å². The van der Waals surface area contributed by atoms with E-state index in [1.165, 1.54) is 10.8 Å². The Morgan fingerprint density at radius 3 is 2.41 bits per heavy atom. The van der Waals surface area contributed by atoms with Gasteiger partial charge in [0.2, 0.25) is 0 Å². The number of pyridine rings is 1. The van der Waals surface area contributed by atoms with Crippen LogP contribution < -0.4 is 5.73 Å². The summed E-state index contributed by atoms with van der Waals surface area (Å²) in [6.07, 6.45) is 3.71. The van der Waals surface area contributed by atoms with Gasteiger partial charge in [-0.15, -0.1) is 0 Å². The van der Waals surface area contributed by atoms with Crippen LogP contribution in [-0.2, 0) is 9.53 Å². The molecule has 0 spiro atoms. The van der Waals surface area contributed by atoms with Crippen LogP contribution in [0.1, 0.15) is 20.8 Å². The van der Waals surface area contributed by atoms with Crippen molar-refractivity contribution in [2.75, 3.05) is 5.73 Å². The smallest absolute Gasteiger partial charge is 0.293 e. The minimum atomic E-state index is -0.318. The van der Waals surface area contributed by atoms with Crippen LogP contribution in [0.5, 0.6) is 0 Å². The number of rotatable bonds is 1. The Kier molecular flexibility index (Phi) is 6.94. The standard InChI is InChI=1S/C9H7N.C8H8N2.C5H10O2/c1-2-6-9-8(4-1)5-3-7-10-9;9-7-2-1-6-3-4-10-8(6)5-7;1-5(2,3)7-4-6/h1-7H;1-5,10H,9H2;4H,1-3H3. The van der Waals surface area contributed by atoms with Crippen molar-refractivity contribution in [2.24, 2.45) is 0 Å². The van der Waals surface area contributed by atoms with Crippen LogP contribution in [-0.4, -0.2) is 22.0 Å². The molecule has 0 aliphatic heterocycles. The van der Waals surface area contributed by atoms with Crippen molar-refractivity contribution >= 4 is 34.0 Å². The molecule has 2 aromatic heterocycles. The van der Waals surface area contributed by atoms with Crippen molar-refractivity contribution in [3.63, 3.8) is 0 Å². The van der Waals surface area contributed by atoms with E-state index in [1.54, 1.807) is 0 Å². The number of carbonyl (C=O) groups is 1. The van der Waals surface area contributed by atoms with Crippen molar-refractivity contribution < 1.29 is 9.53 Å². The Hall–Kier alpha value is -3.34. The topological polar surface area (TPSA) is 81.0 Å². The van der Waals surface area contributed by atoms with Gasteiger partial charge in [-0.3, -0.25) is 9.78 Å². The van der Waals surface area contributed by atoms with E-state index in [4.69, 9.17) is 5.73 Å².